The molecule has 0 saturated carbocycles. The second kappa shape index (κ2) is 3.81. The molecule has 0 bridgehead atoms. The lowest BCUT2D eigenvalue weighted by Gasteiger charge is -1.97. The fraction of sp³-hybridized carbons (Fsp3) is 0. The van der Waals surface area contributed by atoms with Gasteiger partial charge in [0.2, 0.25) is 6.08 Å². The van der Waals surface area contributed by atoms with E-state index in [1.807, 2.05) is 0 Å². The molecule has 0 atom stereocenters. The third-order valence-electron chi connectivity index (χ3n) is 1.14. The lowest BCUT2D eigenvalue weighted by Crippen LogP contribution is -1.77. The second-order valence-corrected chi connectivity index (χ2v) is 3.13. The highest BCUT2D eigenvalue weighted by Gasteiger charge is 2.05. The first-order valence-electron chi connectivity index (χ1n) is 2.87. The van der Waals surface area contributed by atoms with Crippen molar-refractivity contribution in [1.82, 2.24) is 0 Å². The predicted molar refractivity (Wildman–Crippen MR) is 46.9 cm³/mol. The first kappa shape index (κ1) is 9.39. The lowest BCUT2D eigenvalue weighted by atomic mass is 10.3. The van der Waals surface area contributed by atoms with Gasteiger partial charge in [-0.1, -0.05) is 11.6 Å². The smallest absolute Gasteiger partial charge is 0.211 e. The molecule has 1 aromatic carbocycles. The van der Waals surface area contributed by atoms with E-state index in [4.69, 9.17) is 11.6 Å². The van der Waals surface area contributed by atoms with E-state index in [0.717, 1.165) is 6.07 Å². The molecule has 0 radical (unpaired) electrons. The summed E-state index contributed by atoms with van der Waals surface area (Å²) in [4.78, 5) is 13.0. The molecule has 0 aromatic heterocycles. The first-order chi connectivity index (χ1) is 5.65. The summed E-state index contributed by atoms with van der Waals surface area (Å²) in [5.41, 5.74) is 0.149. The zero-order valence-electron chi connectivity index (χ0n) is 5.64. The molecule has 1 rings (SSSR count). The van der Waals surface area contributed by atoms with Gasteiger partial charge in [-0.05, 0) is 22.0 Å². The first-order valence-corrected chi connectivity index (χ1v) is 4.04. The molecule has 0 spiro atoms. The normalized spacial score (nSPS) is 9.25. The van der Waals surface area contributed by atoms with Crippen LogP contribution in [0.2, 0.25) is 5.02 Å². The number of aliphatic imine (C=N–C) groups is 1. The topological polar surface area (TPSA) is 29.4 Å². The Labute approximate surface area is 81.2 Å². The fourth-order valence-corrected chi connectivity index (χ4v) is 1.09. The summed E-state index contributed by atoms with van der Waals surface area (Å²) in [6.45, 7) is 0. The molecule has 0 aliphatic carbocycles. The van der Waals surface area contributed by atoms with E-state index in [1.54, 1.807) is 0 Å². The number of nitrogens with zero attached hydrogens (tertiary/aromatic N) is 1. The quantitative estimate of drug-likeness (QED) is 0.427. The maximum absolute atomic E-state index is 12.8. The Bertz CT molecular complexity index is 339. The Kier molecular flexibility index (Phi) is 2.98. The maximum atomic E-state index is 12.8. The van der Waals surface area contributed by atoms with Crippen molar-refractivity contribution in [1.29, 1.82) is 0 Å². The van der Waals surface area contributed by atoms with E-state index in [1.165, 1.54) is 12.1 Å². The van der Waals surface area contributed by atoms with Crippen LogP contribution in [0.25, 0.3) is 0 Å². The van der Waals surface area contributed by atoms with Crippen LogP contribution in [0.1, 0.15) is 0 Å². The fourth-order valence-electron chi connectivity index (χ4n) is 0.659. The Hall–Kier alpha value is -0.700. The Morgan fingerprint density at radius 1 is 1.58 bits per heavy atom. The molecule has 62 valence electrons. The van der Waals surface area contributed by atoms with Crippen molar-refractivity contribution in [2.24, 2.45) is 4.99 Å². The molecule has 0 heterocycles. The number of rotatable bonds is 1. The molecular weight excluding hydrogens is 248 g/mol. The highest BCUT2D eigenvalue weighted by atomic mass is 79.9. The van der Waals surface area contributed by atoms with Crippen LogP contribution in [0.15, 0.2) is 21.6 Å². The van der Waals surface area contributed by atoms with E-state index >= 15 is 0 Å². The van der Waals surface area contributed by atoms with Gasteiger partial charge in [-0.25, -0.2) is 9.18 Å². The standard InChI is InChI=1S/C7H2BrClFNO/c8-7-5(9)1-4(11-3-12)2-6(7)10/h1-2H. The molecule has 5 heteroatoms. The zero-order chi connectivity index (χ0) is 9.14. The van der Waals surface area contributed by atoms with Gasteiger partial charge in [0.25, 0.3) is 0 Å². The highest BCUT2D eigenvalue weighted by Crippen LogP contribution is 2.29. The van der Waals surface area contributed by atoms with Crippen molar-refractivity contribution < 1.29 is 9.18 Å². The SMILES string of the molecule is O=C=Nc1cc(F)c(Br)c(Cl)c1. The van der Waals surface area contributed by atoms with Gasteiger partial charge in [-0.3, -0.25) is 0 Å². The largest absolute Gasteiger partial charge is 0.240 e. The van der Waals surface area contributed by atoms with Gasteiger partial charge in [-0.15, -0.1) is 0 Å². The number of isocyanates is 1. The highest BCUT2D eigenvalue weighted by molar-refractivity contribution is 9.10. The van der Waals surface area contributed by atoms with E-state index < -0.39 is 5.82 Å². The van der Waals surface area contributed by atoms with E-state index in [-0.39, 0.29) is 15.2 Å². The number of benzene rings is 1. The number of hydrogen-bond donors (Lipinski definition) is 0. The second-order valence-electron chi connectivity index (χ2n) is 1.93. The molecule has 0 N–H and O–H groups in total. The number of halogens is 3. The summed E-state index contributed by atoms with van der Waals surface area (Å²) in [6, 6.07) is 2.44. The van der Waals surface area contributed by atoms with Crippen LogP contribution in [-0.2, 0) is 4.79 Å². The summed E-state index contributed by atoms with van der Waals surface area (Å²) < 4.78 is 13.0. The number of carbonyl (C=O) groups excluding carboxylic acids is 1. The maximum Gasteiger partial charge on any atom is 0.240 e. The van der Waals surface area contributed by atoms with Crippen molar-refractivity contribution in [3.05, 3.63) is 27.4 Å². The van der Waals surface area contributed by atoms with E-state index in [2.05, 4.69) is 20.9 Å². The van der Waals surface area contributed by atoms with E-state index in [0.29, 0.717) is 0 Å². The van der Waals surface area contributed by atoms with Gasteiger partial charge in [-0.2, -0.15) is 4.99 Å². The van der Waals surface area contributed by atoms with Crippen LogP contribution >= 0.6 is 27.5 Å². The minimum atomic E-state index is -0.559. The van der Waals surface area contributed by atoms with Gasteiger partial charge in [0.15, 0.2) is 0 Å². The van der Waals surface area contributed by atoms with Crippen LogP contribution < -0.4 is 0 Å². The lowest BCUT2D eigenvalue weighted by molar-refractivity contribution is 0.565. The van der Waals surface area contributed by atoms with Crippen molar-refractivity contribution in [2.75, 3.05) is 0 Å². The molecule has 0 amide bonds. The summed E-state index contributed by atoms with van der Waals surface area (Å²) in [5, 5.41) is 0.170. The monoisotopic (exact) mass is 249 g/mol. The summed E-state index contributed by atoms with van der Waals surface area (Å²) in [5.74, 6) is -0.559. The van der Waals surface area contributed by atoms with Gasteiger partial charge in [0, 0.05) is 6.07 Å². The number of hydrogen-bond acceptors (Lipinski definition) is 2. The van der Waals surface area contributed by atoms with Crippen LogP contribution in [-0.4, -0.2) is 6.08 Å². The minimum absolute atomic E-state index is 0.149. The Balaban J connectivity index is 3.30. The minimum Gasteiger partial charge on any atom is -0.211 e. The third kappa shape index (κ3) is 1.91. The average Bonchev–Trinajstić information content (AvgIpc) is 2.01. The van der Waals surface area contributed by atoms with Crippen LogP contribution in [0.3, 0.4) is 0 Å². The van der Waals surface area contributed by atoms with Gasteiger partial charge in [0.05, 0.1) is 15.2 Å². The molecule has 0 unspecified atom stereocenters. The zero-order valence-corrected chi connectivity index (χ0v) is 7.99. The van der Waals surface area contributed by atoms with E-state index in [9.17, 15) is 9.18 Å². The molecular formula is C7H2BrClFNO. The molecule has 12 heavy (non-hydrogen) atoms. The molecule has 0 fully saturated rings. The predicted octanol–water partition coefficient (Wildman–Crippen LogP) is 3.21. The molecule has 1 aromatic rings. The Morgan fingerprint density at radius 2 is 2.25 bits per heavy atom. The van der Waals surface area contributed by atoms with Gasteiger partial charge in [0.1, 0.15) is 5.82 Å². The van der Waals surface area contributed by atoms with Gasteiger partial charge < -0.3 is 0 Å². The Morgan fingerprint density at radius 3 is 2.75 bits per heavy atom. The summed E-state index contributed by atoms with van der Waals surface area (Å²) >= 11 is 8.50. The van der Waals surface area contributed by atoms with Crippen LogP contribution in [0, 0.1) is 5.82 Å². The van der Waals surface area contributed by atoms with Crippen molar-refractivity contribution in [3.8, 4) is 0 Å². The third-order valence-corrected chi connectivity index (χ3v) is 2.48. The molecule has 0 aliphatic rings. The molecule has 0 aliphatic heterocycles. The van der Waals surface area contributed by atoms with Crippen molar-refractivity contribution >= 4 is 39.3 Å². The summed E-state index contributed by atoms with van der Waals surface area (Å²) in [7, 11) is 0. The summed E-state index contributed by atoms with van der Waals surface area (Å²) in [6.07, 6.45) is 1.29. The van der Waals surface area contributed by atoms with Gasteiger partial charge >= 0.3 is 0 Å². The van der Waals surface area contributed by atoms with Crippen molar-refractivity contribution in [2.45, 2.75) is 0 Å². The van der Waals surface area contributed by atoms with Crippen LogP contribution in [0.5, 0.6) is 0 Å². The average molecular weight is 250 g/mol. The van der Waals surface area contributed by atoms with Crippen LogP contribution in [0.4, 0.5) is 10.1 Å². The molecule has 0 saturated heterocycles. The molecule has 2 nitrogen and oxygen atoms in total. The van der Waals surface area contributed by atoms with Crippen molar-refractivity contribution in [3.63, 3.8) is 0 Å².